The van der Waals surface area contributed by atoms with E-state index in [1.807, 2.05) is 43.3 Å². The highest BCUT2D eigenvalue weighted by atomic mass is 16.5. The van der Waals surface area contributed by atoms with Gasteiger partial charge in [0.2, 0.25) is 0 Å². The summed E-state index contributed by atoms with van der Waals surface area (Å²) in [6.45, 7) is 3.81. The second-order valence-corrected chi connectivity index (χ2v) is 8.34. The maximum Gasteiger partial charge on any atom is 0.314 e. The molecule has 2 aromatic rings. The van der Waals surface area contributed by atoms with Gasteiger partial charge in [0, 0.05) is 50.0 Å². The van der Waals surface area contributed by atoms with Crippen molar-refractivity contribution >= 4 is 17.4 Å². The van der Waals surface area contributed by atoms with Crippen molar-refractivity contribution in [3.63, 3.8) is 0 Å². The lowest BCUT2D eigenvalue weighted by molar-refractivity contribution is 0.240. The first-order chi connectivity index (χ1) is 15.7. The molecule has 2 aromatic carbocycles. The van der Waals surface area contributed by atoms with Crippen molar-refractivity contribution in [1.82, 2.24) is 15.5 Å². The summed E-state index contributed by atoms with van der Waals surface area (Å²) >= 11 is 0. The first-order valence-electron chi connectivity index (χ1n) is 11.0. The van der Waals surface area contributed by atoms with Crippen LogP contribution in [0.4, 0.5) is 10.5 Å². The van der Waals surface area contributed by atoms with Crippen LogP contribution in [0.1, 0.15) is 23.6 Å². The third kappa shape index (κ3) is 7.12. The van der Waals surface area contributed by atoms with Crippen molar-refractivity contribution in [2.45, 2.75) is 19.4 Å². The number of rotatable bonds is 11. The van der Waals surface area contributed by atoms with Gasteiger partial charge in [-0.05, 0) is 57.3 Å². The van der Waals surface area contributed by atoms with Crippen LogP contribution in [0.5, 0.6) is 11.5 Å². The maximum atomic E-state index is 11.7. The summed E-state index contributed by atoms with van der Waals surface area (Å²) in [6.07, 6.45) is 0.539. The minimum Gasteiger partial charge on any atom is -0.493 e. The smallest absolute Gasteiger partial charge is 0.314 e. The van der Waals surface area contributed by atoms with Crippen molar-refractivity contribution in [2.75, 3.05) is 60.4 Å². The highest BCUT2D eigenvalue weighted by molar-refractivity contribution is 6.12. The van der Waals surface area contributed by atoms with E-state index in [4.69, 9.17) is 14.9 Å². The molecule has 0 saturated heterocycles. The molecule has 33 heavy (non-hydrogen) atoms. The van der Waals surface area contributed by atoms with Crippen molar-refractivity contribution in [3.8, 4) is 11.5 Å². The molecule has 3 N–H and O–H groups in total. The van der Waals surface area contributed by atoms with Gasteiger partial charge in [-0.25, -0.2) is 4.79 Å². The van der Waals surface area contributed by atoms with Crippen LogP contribution < -0.4 is 25.0 Å². The number of hydrogen-bond donors (Lipinski definition) is 3. The zero-order valence-electron chi connectivity index (χ0n) is 20.8. The standard InChI is InChI=1S/C25H37N5O3/c1-17(28-25(31)27-2)14-19-15-22(32-6)23(33-7)16-21(19)24(26)18-8-10-20(11-9-18)30(5)13-12-29(3)4/h8-11,15-17,26H,12-14H2,1-7H3,(H2,27,28,31). The molecular formula is C25H37N5O3. The van der Waals surface area contributed by atoms with Crippen molar-refractivity contribution in [3.05, 3.63) is 53.1 Å². The fourth-order valence-electron chi connectivity index (χ4n) is 3.52. The van der Waals surface area contributed by atoms with E-state index in [1.165, 1.54) is 0 Å². The molecule has 2 rings (SSSR count). The number of ether oxygens (including phenoxy) is 2. The second-order valence-electron chi connectivity index (χ2n) is 8.34. The molecule has 0 radical (unpaired) electrons. The molecule has 180 valence electrons. The van der Waals surface area contributed by atoms with E-state index in [2.05, 4.69) is 41.6 Å². The molecule has 0 aliphatic carbocycles. The van der Waals surface area contributed by atoms with E-state index in [0.717, 1.165) is 35.5 Å². The molecule has 0 fully saturated rings. The number of anilines is 1. The number of carbonyl (C=O) groups excluding carboxylic acids is 1. The summed E-state index contributed by atoms with van der Waals surface area (Å²) in [5.74, 6) is 1.15. The Hall–Kier alpha value is -3.26. The van der Waals surface area contributed by atoms with Gasteiger partial charge in [0.25, 0.3) is 0 Å². The molecule has 1 unspecified atom stereocenters. The Morgan fingerprint density at radius 1 is 1.03 bits per heavy atom. The zero-order chi connectivity index (χ0) is 24.5. The average Bonchev–Trinajstić information content (AvgIpc) is 2.81. The van der Waals surface area contributed by atoms with Crippen LogP contribution in [0.3, 0.4) is 0 Å². The number of nitrogens with one attached hydrogen (secondary N) is 3. The molecule has 8 heteroatoms. The number of likely N-dealkylation sites (N-methyl/N-ethyl adjacent to an activating group) is 2. The SMILES string of the molecule is CNC(=O)NC(C)Cc1cc(OC)c(OC)cc1C(=N)c1ccc(N(C)CCN(C)C)cc1. The molecule has 0 aromatic heterocycles. The number of methoxy groups -OCH3 is 2. The molecule has 0 saturated carbocycles. The number of carbonyl (C=O) groups is 1. The van der Waals surface area contributed by atoms with Crippen LogP contribution in [0, 0.1) is 5.41 Å². The van der Waals surface area contributed by atoms with E-state index in [1.54, 1.807) is 21.3 Å². The van der Waals surface area contributed by atoms with Crippen LogP contribution in [0.2, 0.25) is 0 Å². The van der Waals surface area contributed by atoms with Crippen LogP contribution in [-0.4, -0.2) is 78.2 Å². The Kier molecular flexibility index (Phi) is 9.54. The van der Waals surface area contributed by atoms with Crippen LogP contribution in [0.25, 0.3) is 0 Å². The number of hydrogen-bond acceptors (Lipinski definition) is 6. The summed E-state index contributed by atoms with van der Waals surface area (Å²) in [5.41, 5.74) is 3.94. The Morgan fingerprint density at radius 3 is 2.18 bits per heavy atom. The van der Waals surface area contributed by atoms with Gasteiger partial charge in [-0.1, -0.05) is 12.1 Å². The summed E-state index contributed by atoms with van der Waals surface area (Å²) in [4.78, 5) is 16.1. The molecular weight excluding hydrogens is 418 g/mol. The lowest BCUT2D eigenvalue weighted by Gasteiger charge is -2.22. The minimum atomic E-state index is -0.242. The zero-order valence-corrected chi connectivity index (χ0v) is 20.8. The van der Waals surface area contributed by atoms with Gasteiger partial charge in [-0.3, -0.25) is 5.41 Å². The van der Waals surface area contributed by atoms with Crippen LogP contribution >= 0.6 is 0 Å². The second kappa shape index (κ2) is 12.1. The summed E-state index contributed by atoms with van der Waals surface area (Å²) in [6, 6.07) is 11.4. The van der Waals surface area contributed by atoms with Crippen molar-refractivity contribution < 1.29 is 14.3 Å². The Bertz CT molecular complexity index is 944. The molecule has 0 aliphatic heterocycles. The molecule has 0 spiro atoms. The predicted octanol–water partition coefficient (Wildman–Crippen LogP) is 2.98. The Balaban J connectivity index is 2.34. The molecule has 0 heterocycles. The minimum absolute atomic E-state index is 0.137. The lowest BCUT2D eigenvalue weighted by atomic mass is 9.93. The molecule has 8 nitrogen and oxygen atoms in total. The quantitative estimate of drug-likeness (QED) is 0.453. The summed E-state index contributed by atoms with van der Waals surface area (Å²) < 4.78 is 11.0. The lowest BCUT2D eigenvalue weighted by Crippen LogP contribution is -2.40. The van der Waals surface area contributed by atoms with Crippen molar-refractivity contribution in [2.24, 2.45) is 0 Å². The van der Waals surface area contributed by atoms with Gasteiger partial charge in [0.05, 0.1) is 19.9 Å². The van der Waals surface area contributed by atoms with Gasteiger partial charge in [0.1, 0.15) is 0 Å². The van der Waals surface area contributed by atoms with E-state index in [-0.39, 0.29) is 12.1 Å². The maximum absolute atomic E-state index is 11.7. The predicted molar refractivity (Wildman–Crippen MR) is 135 cm³/mol. The van der Waals surface area contributed by atoms with Gasteiger partial charge in [-0.15, -0.1) is 0 Å². The van der Waals surface area contributed by atoms with Gasteiger partial charge >= 0.3 is 6.03 Å². The number of benzene rings is 2. The third-order valence-corrected chi connectivity index (χ3v) is 5.49. The Labute approximate surface area is 197 Å². The molecule has 2 amide bonds. The van der Waals surface area contributed by atoms with Gasteiger partial charge in [0.15, 0.2) is 11.5 Å². The molecule has 0 aliphatic rings. The summed E-state index contributed by atoms with van der Waals surface area (Å²) in [7, 11) is 10.9. The highest BCUT2D eigenvalue weighted by Gasteiger charge is 2.18. The number of nitrogens with zero attached hydrogens (tertiary/aromatic N) is 2. The van der Waals surface area contributed by atoms with Gasteiger partial charge in [-0.2, -0.15) is 0 Å². The van der Waals surface area contributed by atoms with Gasteiger partial charge < -0.3 is 29.9 Å². The first kappa shape index (κ1) is 26.0. The number of amides is 2. The largest absolute Gasteiger partial charge is 0.493 e. The van der Waals surface area contributed by atoms with E-state index < -0.39 is 0 Å². The first-order valence-corrected chi connectivity index (χ1v) is 11.0. The fourth-order valence-corrected chi connectivity index (χ4v) is 3.52. The topological polar surface area (TPSA) is 89.9 Å². The monoisotopic (exact) mass is 455 g/mol. The van der Waals surface area contributed by atoms with E-state index in [9.17, 15) is 4.79 Å². The normalized spacial score (nSPS) is 11.6. The molecule has 0 bridgehead atoms. The van der Waals surface area contributed by atoms with Crippen molar-refractivity contribution in [1.29, 1.82) is 5.41 Å². The third-order valence-electron chi connectivity index (χ3n) is 5.49. The number of urea groups is 1. The van der Waals surface area contributed by atoms with Crippen LogP contribution in [0.15, 0.2) is 36.4 Å². The fraction of sp³-hybridized carbons (Fsp3) is 0.440. The van der Waals surface area contributed by atoms with Crippen LogP contribution in [-0.2, 0) is 6.42 Å². The highest BCUT2D eigenvalue weighted by Crippen LogP contribution is 2.32. The van der Waals surface area contributed by atoms with E-state index >= 15 is 0 Å². The van der Waals surface area contributed by atoms with E-state index in [0.29, 0.717) is 23.6 Å². The molecule has 1 atom stereocenters. The average molecular weight is 456 g/mol. The Morgan fingerprint density at radius 2 is 1.64 bits per heavy atom. The summed E-state index contributed by atoms with van der Waals surface area (Å²) in [5, 5.41) is 14.4.